The molecule has 0 aromatic heterocycles. The lowest BCUT2D eigenvalue weighted by Crippen LogP contribution is -2.08. The topological polar surface area (TPSA) is 43.4 Å². The summed E-state index contributed by atoms with van der Waals surface area (Å²) in [6, 6.07) is 3.54. The van der Waals surface area contributed by atoms with Gasteiger partial charge >= 0.3 is 5.97 Å². The zero-order valence-corrected chi connectivity index (χ0v) is 10.8. The number of carbonyl (C=O) groups excluding carboxylic acids is 2. The normalized spacial score (nSPS) is 9.94. The van der Waals surface area contributed by atoms with Gasteiger partial charge in [0.05, 0.1) is 13.0 Å². The van der Waals surface area contributed by atoms with Crippen LogP contribution in [-0.2, 0) is 16.0 Å². The van der Waals surface area contributed by atoms with Gasteiger partial charge in [-0.25, -0.2) is 0 Å². The number of aryl methyl sites for hydroxylation is 1. The van der Waals surface area contributed by atoms with E-state index in [1.54, 1.807) is 19.1 Å². The van der Waals surface area contributed by atoms with Crippen LogP contribution in [0.1, 0.15) is 28.4 Å². The first kappa shape index (κ1) is 12.9. The number of halogens is 1. The molecule has 0 fully saturated rings. The van der Waals surface area contributed by atoms with Crippen molar-refractivity contribution in [2.45, 2.75) is 20.3 Å². The predicted octanol–water partition coefficient (Wildman–Crippen LogP) is 2.68. The van der Waals surface area contributed by atoms with Crippen LogP contribution in [0.3, 0.4) is 0 Å². The third kappa shape index (κ3) is 3.17. The summed E-state index contributed by atoms with van der Waals surface area (Å²) in [5, 5.41) is 0. The van der Waals surface area contributed by atoms with Gasteiger partial charge in [0.15, 0.2) is 6.29 Å². The van der Waals surface area contributed by atoms with E-state index in [0.717, 1.165) is 17.4 Å². The Hall–Kier alpha value is -1.16. The Balaban J connectivity index is 2.93. The van der Waals surface area contributed by atoms with E-state index in [2.05, 4.69) is 15.9 Å². The molecule has 0 bridgehead atoms. The van der Waals surface area contributed by atoms with Crippen LogP contribution in [0.5, 0.6) is 0 Å². The van der Waals surface area contributed by atoms with Gasteiger partial charge in [0.25, 0.3) is 0 Å². The molecule has 86 valence electrons. The quantitative estimate of drug-likeness (QED) is 0.631. The Kier molecular flexibility index (Phi) is 4.68. The molecular formula is C12H13BrO3. The third-order valence-corrected chi connectivity index (χ3v) is 2.91. The molecule has 4 heteroatoms. The van der Waals surface area contributed by atoms with Gasteiger partial charge in [0.2, 0.25) is 0 Å². The van der Waals surface area contributed by atoms with Gasteiger partial charge in [-0.1, -0.05) is 15.9 Å². The first-order chi connectivity index (χ1) is 7.58. The van der Waals surface area contributed by atoms with Crippen LogP contribution in [0, 0.1) is 6.92 Å². The average Bonchev–Trinajstić information content (AvgIpc) is 2.23. The van der Waals surface area contributed by atoms with Gasteiger partial charge in [0.1, 0.15) is 0 Å². The maximum absolute atomic E-state index is 11.3. The molecule has 16 heavy (non-hydrogen) atoms. The molecule has 0 saturated heterocycles. The van der Waals surface area contributed by atoms with E-state index in [4.69, 9.17) is 4.74 Å². The number of esters is 1. The molecule has 0 saturated carbocycles. The molecule has 0 unspecified atom stereocenters. The second-order valence-electron chi connectivity index (χ2n) is 3.40. The maximum Gasteiger partial charge on any atom is 0.310 e. The number of ether oxygens (including phenoxy) is 1. The Morgan fingerprint density at radius 2 is 2.19 bits per heavy atom. The van der Waals surface area contributed by atoms with Crippen LogP contribution in [0.2, 0.25) is 0 Å². The van der Waals surface area contributed by atoms with Gasteiger partial charge < -0.3 is 4.74 Å². The number of aldehydes is 1. The molecule has 0 amide bonds. The fourth-order valence-corrected chi connectivity index (χ4v) is 1.88. The first-order valence-corrected chi connectivity index (χ1v) is 5.77. The van der Waals surface area contributed by atoms with Crippen molar-refractivity contribution < 1.29 is 14.3 Å². The molecule has 1 aromatic carbocycles. The minimum atomic E-state index is -0.253. The molecule has 1 rings (SSSR count). The van der Waals surface area contributed by atoms with Gasteiger partial charge in [-0.05, 0) is 37.1 Å². The molecule has 0 radical (unpaired) electrons. The SMILES string of the molecule is CCOC(=O)Cc1cc(Br)c(C=O)cc1C. The molecule has 0 heterocycles. The number of hydrogen-bond acceptors (Lipinski definition) is 3. The third-order valence-electron chi connectivity index (χ3n) is 2.22. The van der Waals surface area contributed by atoms with Gasteiger partial charge in [-0.15, -0.1) is 0 Å². The first-order valence-electron chi connectivity index (χ1n) is 4.98. The van der Waals surface area contributed by atoms with E-state index in [1.165, 1.54) is 0 Å². The summed E-state index contributed by atoms with van der Waals surface area (Å²) in [6.45, 7) is 4.02. The Morgan fingerprint density at radius 1 is 1.50 bits per heavy atom. The van der Waals surface area contributed by atoms with Crippen molar-refractivity contribution in [1.82, 2.24) is 0 Å². The summed E-state index contributed by atoms with van der Waals surface area (Å²) in [5.74, 6) is -0.253. The fraction of sp³-hybridized carbons (Fsp3) is 0.333. The van der Waals surface area contributed by atoms with Crippen molar-refractivity contribution in [1.29, 1.82) is 0 Å². The van der Waals surface area contributed by atoms with Crippen LogP contribution in [0.25, 0.3) is 0 Å². The van der Waals surface area contributed by atoms with E-state index < -0.39 is 0 Å². The highest BCUT2D eigenvalue weighted by Gasteiger charge is 2.09. The molecular weight excluding hydrogens is 272 g/mol. The van der Waals surface area contributed by atoms with Crippen molar-refractivity contribution in [2.75, 3.05) is 6.61 Å². The lowest BCUT2D eigenvalue weighted by Gasteiger charge is -2.07. The second kappa shape index (κ2) is 5.80. The molecule has 0 atom stereocenters. The van der Waals surface area contributed by atoms with Crippen molar-refractivity contribution >= 4 is 28.2 Å². The van der Waals surface area contributed by atoms with Crippen molar-refractivity contribution in [3.63, 3.8) is 0 Å². The molecule has 0 N–H and O–H groups in total. The van der Waals surface area contributed by atoms with Crippen molar-refractivity contribution in [3.8, 4) is 0 Å². The highest BCUT2D eigenvalue weighted by molar-refractivity contribution is 9.10. The van der Waals surface area contributed by atoms with Crippen molar-refractivity contribution in [2.24, 2.45) is 0 Å². The van der Waals surface area contributed by atoms with E-state index in [9.17, 15) is 9.59 Å². The molecule has 0 aliphatic heterocycles. The highest BCUT2D eigenvalue weighted by Crippen LogP contribution is 2.21. The Bertz CT molecular complexity index is 413. The van der Waals surface area contributed by atoms with E-state index in [1.807, 2.05) is 6.92 Å². The number of benzene rings is 1. The molecule has 3 nitrogen and oxygen atoms in total. The summed E-state index contributed by atoms with van der Waals surface area (Å²) < 4.78 is 5.57. The summed E-state index contributed by atoms with van der Waals surface area (Å²) in [5.41, 5.74) is 2.37. The smallest absolute Gasteiger partial charge is 0.310 e. The zero-order valence-electron chi connectivity index (χ0n) is 9.25. The molecule has 0 aliphatic rings. The summed E-state index contributed by atoms with van der Waals surface area (Å²) >= 11 is 3.29. The van der Waals surface area contributed by atoms with Crippen LogP contribution < -0.4 is 0 Å². The Morgan fingerprint density at radius 3 is 2.75 bits per heavy atom. The van der Waals surface area contributed by atoms with Crippen LogP contribution in [0.4, 0.5) is 0 Å². The number of carbonyl (C=O) groups is 2. The average molecular weight is 285 g/mol. The maximum atomic E-state index is 11.3. The minimum Gasteiger partial charge on any atom is -0.466 e. The monoisotopic (exact) mass is 284 g/mol. The van der Waals surface area contributed by atoms with Crippen LogP contribution >= 0.6 is 15.9 Å². The lowest BCUT2D eigenvalue weighted by molar-refractivity contribution is -0.142. The number of hydrogen-bond donors (Lipinski definition) is 0. The van der Waals surface area contributed by atoms with Gasteiger partial charge in [0, 0.05) is 10.0 Å². The number of rotatable bonds is 4. The van der Waals surface area contributed by atoms with E-state index in [-0.39, 0.29) is 12.4 Å². The van der Waals surface area contributed by atoms with E-state index >= 15 is 0 Å². The fourth-order valence-electron chi connectivity index (χ4n) is 1.39. The van der Waals surface area contributed by atoms with Crippen LogP contribution in [0.15, 0.2) is 16.6 Å². The molecule has 0 aliphatic carbocycles. The van der Waals surface area contributed by atoms with E-state index in [0.29, 0.717) is 16.6 Å². The summed E-state index contributed by atoms with van der Waals surface area (Å²) in [6.07, 6.45) is 1.02. The van der Waals surface area contributed by atoms with Gasteiger partial charge in [-0.2, -0.15) is 0 Å². The predicted molar refractivity (Wildman–Crippen MR) is 64.6 cm³/mol. The van der Waals surface area contributed by atoms with Crippen LogP contribution in [-0.4, -0.2) is 18.9 Å². The van der Waals surface area contributed by atoms with Gasteiger partial charge in [-0.3, -0.25) is 9.59 Å². The summed E-state index contributed by atoms with van der Waals surface area (Å²) in [7, 11) is 0. The largest absolute Gasteiger partial charge is 0.466 e. The zero-order chi connectivity index (χ0) is 12.1. The lowest BCUT2D eigenvalue weighted by atomic mass is 10.0. The highest BCUT2D eigenvalue weighted by atomic mass is 79.9. The summed E-state index contributed by atoms with van der Waals surface area (Å²) in [4.78, 5) is 22.0. The molecule has 1 aromatic rings. The standard InChI is InChI=1S/C12H13BrO3/c1-3-16-12(15)6-9-5-11(13)10(7-14)4-8(9)2/h4-5,7H,3,6H2,1-2H3. The Labute approximate surface area is 103 Å². The van der Waals surface area contributed by atoms with Crippen molar-refractivity contribution in [3.05, 3.63) is 33.3 Å². The minimum absolute atomic E-state index is 0.234. The molecule has 0 spiro atoms. The second-order valence-corrected chi connectivity index (χ2v) is 4.25.